The van der Waals surface area contributed by atoms with Gasteiger partial charge < -0.3 is 15.3 Å². The number of amides is 2. The first-order valence-electron chi connectivity index (χ1n) is 5.83. The highest BCUT2D eigenvalue weighted by atomic mass is 32.2. The molecule has 5 nitrogen and oxygen atoms in total. The maximum Gasteiger partial charge on any atom is 0.317 e. The van der Waals surface area contributed by atoms with Crippen molar-refractivity contribution in [3.63, 3.8) is 0 Å². The summed E-state index contributed by atoms with van der Waals surface area (Å²) in [5, 5.41) is 11.4. The van der Waals surface area contributed by atoms with Crippen LogP contribution >= 0.6 is 11.8 Å². The Bertz CT molecular complexity index is 280. The average molecular weight is 260 g/mol. The number of aliphatic carboxylic acids is 1. The molecule has 2 N–H and O–H groups in total. The molecule has 0 aliphatic carbocycles. The van der Waals surface area contributed by atoms with E-state index in [9.17, 15) is 9.59 Å². The molecule has 0 bridgehead atoms. The van der Waals surface area contributed by atoms with E-state index in [4.69, 9.17) is 5.11 Å². The Morgan fingerprint density at radius 3 is 2.82 bits per heavy atom. The predicted molar refractivity (Wildman–Crippen MR) is 68.4 cm³/mol. The molecule has 2 atom stereocenters. The van der Waals surface area contributed by atoms with Gasteiger partial charge in [-0.1, -0.05) is 0 Å². The molecule has 1 aliphatic rings. The van der Waals surface area contributed by atoms with E-state index in [0.717, 1.165) is 17.9 Å². The Balaban J connectivity index is 2.29. The molecule has 0 aromatic rings. The number of carboxylic acids is 1. The van der Waals surface area contributed by atoms with Crippen molar-refractivity contribution in [1.82, 2.24) is 10.2 Å². The SMILES string of the molecule is CC(CCC(=O)O)NC(=O)N(C)C1CCSC1. The number of thioether (sulfide) groups is 1. The van der Waals surface area contributed by atoms with Crippen LogP contribution in [0.3, 0.4) is 0 Å². The number of urea groups is 1. The molecular weight excluding hydrogens is 240 g/mol. The second-order valence-electron chi connectivity index (χ2n) is 4.41. The molecule has 2 unspecified atom stereocenters. The second kappa shape index (κ2) is 6.74. The highest BCUT2D eigenvalue weighted by molar-refractivity contribution is 7.99. The van der Waals surface area contributed by atoms with Crippen molar-refractivity contribution in [1.29, 1.82) is 0 Å². The Morgan fingerprint density at radius 1 is 1.59 bits per heavy atom. The maximum atomic E-state index is 11.8. The lowest BCUT2D eigenvalue weighted by Gasteiger charge is -2.26. The number of carbonyl (C=O) groups is 2. The molecule has 1 fully saturated rings. The maximum absolute atomic E-state index is 11.8. The van der Waals surface area contributed by atoms with Crippen molar-refractivity contribution in [2.45, 2.75) is 38.3 Å². The summed E-state index contributed by atoms with van der Waals surface area (Å²) in [5.74, 6) is 1.27. The summed E-state index contributed by atoms with van der Waals surface area (Å²) < 4.78 is 0. The summed E-state index contributed by atoms with van der Waals surface area (Å²) in [4.78, 5) is 24.0. The summed E-state index contributed by atoms with van der Waals surface area (Å²) >= 11 is 1.86. The van der Waals surface area contributed by atoms with E-state index < -0.39 is 5.97 Å². The zero-order chi connectivity index (χ0) is 12.8. The highest BCUT2D eigenvalue weighted by Crippen LogP contribution is 2.21. The van der Waals surface area contributed by atoms with Gasteiger partial charge in [-0.3, -0.25) is 4.79 Å². The van der Waals surface area contributed by atoms with Gasteiger partial charge in [0.1, 0.15) is 0 Å². The quantitative estimate of drug-likeness (QED) is 0.783. The fraction of sp³-hybridized carbons (Fsp3) is 0.818. The van der Waals surface area contributed by atoms with E-state index >= 15 is 0 Å². The molecule has 6 heteroatoms. The van der Waals surface area contributed by atoms with Crippen LogP contribution < -0.4 is 5.32 Å². The van der Waals surface area contributed by atoms with Crippen molar-refractivity contribution in [3.05, 3.63) is 0 Å². The number of rotatable bonds is 5. The summed E-state index contributed by atoms with van der Waals surface area (Å²) in [7, 11) is 1.80. The van der Waals surface area contributed by atoms with Gasteiger partial charge in [-0.05, 0) is 25.5 Å². The molecule has 1 rings (SSSR count). The van der Waals surface area contributed by atoms with Crippen LogP contribution in [0.1, 0.15) is 26.2 Å². The van der Waals surface area contributed by atoms with Crippen LogP contribution in [0, 0.1) is 0 Å². The first kappa shape index (κ1) is 14.2. The number of hydrogen-bond donors (Lipinski definition) is 2. The Morgan fingerprint density at radius 2 is 2.29 bits per heavy atom. The molecule has 0 aromatic carbocycles. The van der Waals surface area contributed by atoms with Gasteiger partial charge in [0.15, 0.2) is 0 Å². The normalized spacial score (nSPS) is 20.9. The number of carbonyl (C=O) groups excluding carboxylic acids is 1. The highest BCUT2D eigenvalue weighted by Gasteiger charge is 2.24. The molecular formula is C11H20N2O3S. The van der Waals surface area contributed by atoms with Crippen molar-refractivity contribution in [2.24, 2.45) is 0 Å². The third-order valence-electron chi connectivity index (χ3n) is 2.93. The van der Waals surface area contributed by atoms with Crippen molar-refractivity contribution in [3.8, 4) is 0 Å². The monoisotopic (exact) mass is 260 g/mol. The van der Waals surface area contributed by atoms with Crippen LogP contribution in [0.5, 0.6) is 0 Å². The first-order valence-corrected chi connectivity index (χ1v) is 6.99. The van der Waals surface area contributed by atoms with Crippen LogP contribution in [0.2, 0.25) is 0 Å². The summed E-state index contributed by atoms with van der Waals surface area (Å²) in [6, 6.07) is 0.108. The van der Waals surface area contributed by atoms with Crippen LogP contribution in [0.4, 0.5) is 4.79 Å². The minimum absolute atomic E-state index is 0.0877. The molecule has 1 aliphatic heterocycles. The minimum atomic E-state index is -0.827. The van der Waals surface area contributed by atoms with E-state index in [1.807, 2.05) is 18.7 Å². The van der Waals surface area contributed by atoms with E-state index in [0.29, 0.717) is 12.5 Å². The van der Waals surface area contributed by atoms with Gasteiger partial charge in [0.05, 0.1) is 0 Å². The van der Waals surface area contributed by atoms with Crippen molar-refractivity contribution in [2.75, 3.05) is 18.6 Å². The van der Waals surface area contributed by atoms with Gasteiger partial charge in [0.25, 0.3) is 0 Å². The average Bonchev–Trinajstić information content (AvgIpc) is 2.78. The van der Waals surface area contributed by atoms with E-state index in [1.54, 1.807) is 11.9 Å². The molecule has 0 saturated carbocycles. The molecule has 1 heterocycles. The first-order chi connectivity index (χ1) is 8.00. The van der Waals surface area contributed by atoms with Crippen molar-refractivity contribution >= 4 is 23.8 Å². The van der Waals surface area contributed by atoms with Gasteiger partial charge in [-0.2, -0.15) is 11.8 Å². The van der Waals surface area contributed by atoms with E-state index in [2.05, 4.69) is 5.32 Å². The second-order valence-corrected chi connectivity index (χ2v) is 5.56. The van der Waals surface area contributed by atoms with E-state index in [1.165, 1.54) is 0 Å². The van der Waals surface area contributed by atoms with Crippen LogP contribution in [-0.4, -0.2) is 52.6 Å². The fourth-order valence-corrected chi connectivity index (χ4v) is 2.99. The zero-order valence-corrected chi connectivity index (χ0v) is 11.1. The zero-order valence-electron chi connectivity index (χ0n) is 10.3. The largest absolute Gasteiger partial charge is 0.481 e. The van der Waals surface area contributed by atoms with Gasteiger partial charge >= 0.3 is 12.0 Å². The Labute approximate surface area is 106 Å². The van der Waals surface area contributed by atoms with Gasteiger partial charge in [-0.15, -0.1) is 0 Å². The lowest BCUT2D eigenvalue weighted by atomic mass is 10.2. The van der Waals surface area contributed by atoms with Gasteiger partial charge in [0, 0.05) is 31.3 Å². The number of hydrogen-bond acceptors (Lipinski definition) is 3. The molecule has 0 spiro atoms. The van der Waals surface area contributed by atoms with Gasteiger partial charge in [0.2, 0.25) is 0 Å². The number of nitrogens with zero attached hydrogens (tertiary/aromatic N) is 1. The topological polar surface area (TPSA) is 69.6 Å². The number of nitrogens with one attached hydrogen (secondary N) is 1. The fourth-order valence-electron chi connectivity index (χ4n) is 1.72. The number of carboxylic acid groups (broad SMARTS) is 1. The molecule has 1 saturated heterocycles. The Kier molecular flexibility index (Phi) is 5.61. The van der Waals surface area contributed by atoms with E-state index in [-0.39, 0.29) is 18.5 Å². The summed E-state index contributed by atoms with van der Waals surface area (Å²) in [5.41, 5.74) is 0. The third-order valence-corrected chi connectivity index (χ3v) is 4.08. The minimum Gasteiger partial charge on any atom is -0.481 e. The third kappa shape index (κ3) is 4.85. The summed E-state index contributed by atoms with van der Waals surface area (Å²) in [6.45, 7) is 1.83. The smallest absolute Gasteiger partial charge is 0.317 e. The Hall–Kier alpha value is -0.910. The lowest BCUT2D eigenvalue weighted by molar-refractivity contribution is -0.137. The van der Waals surface area contributed by atoms with Crippen LogP contribution in [0.25, 0.3) is 0 Å². The summed E-state index contributed by atoms with van der Waals surface area (Å²) in [6.07, 6.45) is 1.59. The van der Waals surface area contributed by atoms with Crippen LogP contribution in [0.15, 0.2) is 0 Å². The molecule has 2 amide bonds. The predicted octanol–water partition coefficient (Wildman–Crippen LogP) is 1.39. The molecule has 0 radical (unpaired) electrons. The van der Waals surface area contributed by atoms with Gasteiger partial charge in [-0.25, -0.2) is 4.79 Å². The lowest BCUT2D eigenvalue weighted by Crippen LogP contribution is -2.46. The molecule has 98 valence electrons. The molecule has 17 heavy (non-hydrogen) atoms. The van der Waals surface area contributed by atoms with Crippen molar-refractivity contribution < 1.29 is 14.7 Å². The standard InChI is InChI=1S/C11H20N2O3S/c1-8(3-4-10(14)15)12-11(16)13(2)9-5-6-17-7-9/h8-9H,3-7H2,1-2H3,(H,12,16)(H,14,15). The molecule has 0 aromatic heterocycles. The van der Waals surface area contributed by atoms with Crippen LogP contribution in [-0.2, 0) is 4.79 Å².